The average molecular weight is 366 g/mol. The summed E-state index contributed by atoms with van der Waals surface area (Å²) in [6, 6.07) is 10.2. The van der Waals surface area contributed by atoms with Crippen LogP contribution in [0.25, 0.3) is 10.9 Å². The number of hydrogen-bond donors (Lipinski definition) is 2. The second-order valence-corrected chi connectivity index (χ2v) is 7.24. The highest BCUT2D eigenvalue weighted by atomic mass is 16.3. The first kappa shape index (κ1) is 17.8. The highest BCUT2D eigenvalue weighted by molar-refractivity contribution is 5.83. The smallest absolute Gasteiger partial charge is 0.222 e. The van der Waals surface area contributed by atoms with Crippen molar-refractivity contribution in [3.05, 3.63) is 53.5 Å². The van der Waals surface area contributed by atoms with Crippen LogP contribution in [-0.2, 0) is 24.3 Å². The fourth-order valence-corrected chi connectivity index (χ4v) is 3.80. The number of aromatic amines is 1. The Morgan fingerprint density at radius 3 is 3.04 bits per heavy atom. The number of fused-ring (bicyclic) bond motifs is 2. The van der Waals surface area contributed by atoms with E-state index in [0.717, 1.165) is 24.1 Å². The molecule has 0 saturated carbocycles. The summed E-state index contributed by atoms with van der Waals surface area (Å²) in [4.78, 5) is 17.8. The quantitative estimate of drug-likeness (QED) is 0.704. The van der Waals surface area contributed by atoms with Crippen molar-refractivity contribution in [3.63, 3.8) is 0 Å². The molecule has 1 amide bonds. The van der Waals surface area contributed by atoms with Crippen molar-refractivity contribution in [2.24, 2.45) is 0 Å². The van der Waals surface area contributed by atoms with Crippen LogP contribution in [0.1, 0.15) is 49.2 Å². The van der Waals surface area contributed by atoms with E-state index in [1.54, 1.807) is 0 Å². The minimum absolute atomic E-state index is 0.194. The van der Waals surface area contributed by atoms with Gasteiger partial charge in [0.05, 0.1) is 30.6 Å². The van der Waals surface area contributed by atoms with E-state index in [9.17, 15) is 9.90 Å². The lowest BCUT2D eigenvalue weighted by atomic mass is 10.1. The fourth-order valence-electron chi connectivity index (χ4n) is 3.80. The number of aliphatic hydroxyl groups excluding tert-OH is 1. The molecule has 1 aliphatic rings. The molecule has 3 aromatic rings. The fraction of sp³-hybridized carbons (Fsp3) is 0.429. The van der Waals surface area contributed by atoms with Crippen LogP contribution in [0.15, 0.2) is 36.5 Å². The first-order valence-corrected chi connectivity index (χ1v) is 9.73. The predicted octanol–water partition coefficient (Wildman–Crippen LogP) is 3.17. The van der Waals surface area contributed by atoms with Gasteiger partial charge in [0.2, 0.25) is 5.91 Å². The van der Waals surface area contributed by atoms with Gasteiger partial charge in [0.25, 0.3) is 0 Å². The maximum atomic E-state index is 12.6. The molecule has 1 aromatic carbocycles. The number of aryl methyl sites for hydroxylation is 1. The van der Waals surface area contributed by atoms with Gasteiger partial charge in [-0.1, -0.05) is 25.1 Å². The second-order valence-electron chi connectivity index (χ2n) is 7.24. The molecule has 0 saturated heterocycles. The van der Waals surface area contributed by atoms with E-state index < -0.39 is 6.10 Å². The summed E-state index contributed by atoms with van der Waals surface area (Å²) in [6.07, 6.45) is 4.47. The van der Waals surface area contributed by atoms with E-state index in [-0.39, 0.29) is 5.91 Å². The summed E-state index contributed by atoms with van der Waals surface area (Å²) in [7, 11) is 0. The first-order valence-electron chi connectivity index (χ1n) is 9.73. The van der Waals surface area contributed by atoms with Crippen molar-refractivity contribution in [2.45, 2.75) is 51.8 Å². The van der Waals surface area contributed by atoms with Gasteiger partial charge in [0.1, 0.15) is 0 Å². The topological polar surface area (TPSA) is 74.2 Å². The zero-order valence-electron chi connectivity index (χ0n) is 15.7. The van der Waals surface area contributed by atoms with Crippen molar-refractivity contribution in [1.29, 1.82) is 0 Å². The van der Waals surface area contributed by atoms with Crippen LogP contribution in [0.5, 0.6) is 0 Å². The van der Waals surface area contributed by atoms with Crippen molar-refractivity contribution in [3.8, 4) is 0 Å². The number of hydrogen-bond acceptors (Lipinski definition) is 3. The van der Waals surface area contributed by atoms with Gasteiger partial charge in [-0.15, -0.1) is 0 Å². The minimum atomic E-state index is -0.525. The van der Waals surface area contributed by atoms with Crippen LogP contribution in [0, 0.1) is 0 Å². The number of amides is 1. The molecule has 0 aliphatic carbocycles. The number of para-hydroxylation sites is 1. The third-order valence-corrected chi connectivity index (χ3v) is 5.41. The largest absolute Gasteiger partial charge is 0.387 e. The van der Waals surface area contributed by atoms with Crippen molar-refractivity contribution in [1.82, 2.24) is 19.7 Å². The lowest BCUT2D eigenvalue weighted by Crippen LogP contribution is -2.38. The van der Waals surface area contributed by atoms with E-state index in [4.69, 9.17) is 0 Å². The Labute approximate surface area is 158 Å². The predicted molar refractivity (Wildman–Crippen MR) is 104 cm³/mol. The summed E-state index contributed by atoms with van der Waals surface area (Å²) in [5.74, 6) is 0.194. The Morgan fingerprint density at radius 1 is 1.33 bits per heavy atom. The van der Waals surface area contributed by atoms with Gasteiger partial charge in [-0.3, -0.25) is 9.48 Å². The molecule has 0 radical (unpaired) electrons. The number of benzene rings is 1. The molecule has 1 atom stereocenters. The van der Waals surface area contributed by atoms with Gasteiger partial charge in [0.15, 0.2) is 0 Å². The molecule has 2 N–H and O–H groups in total. The number of carbonyl (C=O) groups is 1. The zero-order valence-corrected chi connectivity index (χ0v) is 15.7. The number of carbonyl (C=O) groups excluding carboxylic acids is 1. The maximum Gasteiger partial charge on any atom is 0.222 e. The van der Waals surface area contributed by atoms with Gasteiger partial charge in [0, 0.05) is 30.1 Å². The third kappa shape index (κ3) is 3.62. The lowest BCUT2D eigenvalue weighted by molar-refractivity contribution is -0.132. The summed E-state index contributed by atoms with van der Waals surface area (Å²) >= 11 is 0. The number of nitrogens with one attached hydrogen (secondary N) is 1. The standard InChI is InChI=1S/C21H26N4O2/c1-2-20(26)19-12-16-14-24(10-11-25(16)23-19)21(27)9-5-6-15-13-22-18-8-4-3-7-17(15)18/h3-4,7-8,12-13,20,22,26H,2,5-6,9-11,14H2,1H3/t20-/m1/s1. The minimum Gasteiger partial charge on any atom is -0.387 e. The SMILES string of the molecule is CC[C@@H](O)c1cc2n(n1)CCN(C(=O)CCCc1c[nH]c3ccccc13)C2. The summed E-state index contributed by atoms with van der Waals surface area (Å²) in [5, 5.41) is 15.7. The Morgan fingerprint density at radius 2 is 2.19 bits per heavy atom. The maximum absolute atomic E-state index is 12.6. The molecule has 0 fully saturated rings. The molecule has 6 nitrogen and oxygen atoms in total. The molecule has 0 bridgehead atoms. The molecule has 0 unspecified atom stereocenters. The van der Waals surface area contributed by atoms with E-state index in [0.29, 0.717) is 38.2 Å². The van der Waals surface area contributed by atoms with Crippen molar-refractivity contribution < 1.29 is 9.90 Å². The molecule has 4 rings (SSSR count). The van der Waals surface area contributed by atoms with Crippen LogP contribution in [0.2, 0.25) is 0 Å². The molecule has 6 heteroatoms. The van der Waals surface area contributed by atoms with Gasteiger partial charge in [-0.25, -0.2) is 0 Å². The Hall–Kier alpha value is -2.60. The van der Waals surface area contributed by atoms with Crippen LogP contribution < -0.4 is 0 Å². The number of nitrogens with zero attached hydrogens (tertiary/aromatic N) is 3. The van der Waals surface area contributed by atoms with Crippen LogP contribution in [0.4, 0.5) is 0 Å². The molecule has 27 heavy (non-hydrogen) atoms. The van der Waals surface area contributed by atoms with Crippen LogP contribution in [-0.4, -0.2) is 37.2 Å². The van der Waals surface area contributed by atoms with Crippen molar-refractivity contribution in [2.75, 3.05) is 6.54 Å². The van der Waals surface area contributed by atoms with Crippen LogP contribution >= 0.6 is 0 Å². The van der Waals surface area contributed by atoms with E-state index in [1.807, 2.05) is 34.7 Å². The number of aliphatic hydroxyl groups is 1. The average Bonchev–Trinajstić information content (AvgIpc) is 3.31. The van der Waals surface area contributed by atoms with E-state index >= 15 is 0 Å². The Kier molecular flexibility index (Phi) is 4.99. The van der Waals surface area contributed by atoms with Gasteiger partial charge in [-0.2, -0.15) is 5.10 Å². The third-order valence-electron chi connectivity index (χ3n) is 5.41. The molecule has 2 aromatic heterocycles. The summed E-state index contributed by atoms with van der Waals surface area (Å²) < 4.78 is 1.92. The molecule has 142 valence electrons. The first-order chi connectivity index (χ1) is 13.2. The lowest BCUT2D eigenvalue weighted by Gasteiger charge is -2.27. The number of rotatable bonds is 6. The monoisotopic (exact) mass is 366 g/mol. The number of H-pyrrole nitrogens is 1. The van der Waals surface area contributed by atoms with Crippen LogP contribution in [0.3, 0.4) is 0 Å². The second kappa shape index (κ2) is 7.56. The summed E-state index contributed by atoms with van der Waals surface area (Å²) in [5.41, 5.74) is 4.14. The molecular formula is C21H26N4O2. The van der Waals surface area contributed by atoms with Gasteiger partial charge in [-0.05, 0) is 37.0 Å². The highest BCUT2D eigenvalue weighted by Gasteiger charge is 2.23. The van der Waals surface area contributed by atoms with E-state index in [2.05, 4.69) is 28.4 Å². The normalized spacial score (nSPS) is 15.1. The summed E-state index contributed by atoms with van der Waals surface area (Å²) in [6.45, 7) is 3.89. The molecule has 0 spiro atoms. The van der Waals surface area contributed by atoms with E-state index in [1.165, 1.54) is 10.9 Å². The van der Waals surface area contributed by atoms with Gasteiger partial charge >= 0.3 is 0 Å². The molecular weight excluding hydrogens is 340 g/mol. The zero-order chi connectivity index (χ0) is 18.8. The van der Waals surface area contributed by atoms with Crippen molar-refractivity contribution >= 4 is 16.8 Å². The Bertz CT molecular complexity index is 943. The Balaban J connectivity index is 1.33. The van der Waals surface area contributed by atoms with Gasteiger partial charge < -0.3 is 15.0 Å². The molecule has 3 heterocycles. The number of aromatic nitrogens is 3. The highest BCUT2D eigenvalue weighted by Crippen LogP contribution is 2.22. The molecule has 1 aliphatic heterocycles.